The Morgan fingerprint density at radius 3 is 2.28 bits per heavy atom. The fourth-order valence-electron chi connectivity index (χ4n) is 5.73. The molecule has 2 atom stereocenters. The normalized spacial score (nSPS) is 23.6. The Morgan fingerprint density at radius 2 is 1.67 bits per heavy atom. The predicted octanol–water partition coefficient (Wildman–Crippen LogP) is 5.11. The lowest BCUT2D eigenvalue weighted by Gasteiger charge is -2.34. The summed E-state index contributed by atoms with van der Waals surface area (Å²) in [5.74, 6) is 1.83. The number of hydrogen-bond acceptors (Lipinski definition) is 4. The largest absolute Gasteiger partial charge is 0.359 e. The van der Waals surface area contributed by atoms with Crippen LogP contribution >= 0.6 is 23.2 Å². The van der Waals surface area contributed by atoms with Crippen LogP contribution in [0.3, 0.4) is 0 Å². The van der Waals surface area contributed by atoms with Crippen molar-refractivity contribution in [1.29, 1.82) is 0 Å². The van der Waals surface area contributed by atoms with Gasteiger partial charge in [0.2, 0.25) is 11.8 Å². The number of carbonyl (C=O) groups excluding carboxylic acids is 2. The van der Waals surface area contributed by atoms with Crippen molar-refractivity contribution >= 4 is 40.8 Å². The third-order valence-corrected chi connectivity index (χ3v) is 8.79. The first kappa shape index (κ1) is 25.3. The molecule has 2 amide bonds. The quantitative estimate of drug-likeness (QED) is 0.522. The second-order valence-electron chi connectivity index (χ2n) is 11.0. The number of likely N-dealkylation sites (tertiary alicyclic amines) is 2. The molecule has 1 saturated carbocycles. The van der Waals surface area contributed by atoms with Crippen LogP contribution in [0.2, 0.25) is 10.0 Å². The van der Waals surface area contributed by atoms with Crippen molar-refractivity contribution in [1.82, 2.24) is 14.8 Å². The highest BCUT2D eigenvalue weighted by atomic mass is 35.5. The van der Waals surface area contributed by atoms with Gasteiger partial charge in [-0.2, -0.15) is 0 Å². The summed E-state index contributed by atoms with van der Waals surface area (Å²) in [4.78, 5) is 37.0. The Labute approximate surface area is 223 Å². The molecule has 0 radical (unpaired) electrons. The minimum atomic E-state index is -0.143. The summed E-state index contributed by atoms with van der Waals surface area (Å²) in [5, 5.41) is 1.33. The highest BCUT2D eigenvalue weighted by Gasteiger charge is 2.48. The number of anilines is 1. The van der Waals surface area contributed by atoms with E-state index < -0.39 is 0 Å². The molecule has 1 aromatic heterocycles. The van der Waals surface area contributed by atoms with Crippen LogP contribution in [0.4, 0.5) is 5.82 Å². The van der Waals surface area contributed by atoms with E-state index in [9.17, 15) is 9.59 Å². The third-order valence-electron chi connectivity index (χ3n) is 8.31. The van der Waals surface area contributed by atoms with Crippen LogP contribution in [0, 0.1) is 17.3 Å². The second-order valence-corrected chi connectivity index (χ2v) is 11.9. The molecule has 36 heavy (non-hydrogen) atoms. The van der Waals surface area contributed by atoms with Gasteiger partial charge in [0.15, 0.2) is 0 Å². The average Bonchev–Trinajstić information content (AvgIpc) is 3.51. The number of carbonyl (C=O) groups is 2. The molecule has 5 rings (SSSR count). The zero-order valence-electron chi connectivity index (χ0n) is 21.0. The topological polar surface area (TPSA) is 56.8 Å². The zero-order valence-corrected chi connectivity index (χ0v) is 22.5. The summed E-state index contributed by atoms with van der Waals surface area (Å²) in [6.45, 7) is 5.62. The highest BCUT2D eigenvalue weighted by Crippen LogP contribution is 2.47. The Kier molecular flexibility index (Phi) is 7.19. The molecule has 2 aliphatic heterocycles. The molecule has 3 aliphatic rings. The first-order valence-electron chi connectivity index (χ1n) is 12.9. The van der Waals surface area contributed by atoms with Gasteiger partial charge in [-0.05, 0) is 55.5 Å². The van der Waals surface area contributed by atoms with E-state index >= 15 is 0 Å². The number of benzene rings is 1. The van der Waals surface area contributed by atoms with Crippen LogP contribution in [0.1, 0.15) is 44.1 Å². The third kappa shape index (κ3) is 5.35. The lowest BCUT2D eigenvalue weighted by atomic mass is 9.88. The van der Waals surface area contributed by atoms with E-state index in [1.165, 1.54) is 5.56 Å². The number of aromatic nitrogens is 1. The summed E-state index contributed by atoms with van der Waals surface area (Å²) in [6.07, 6.45) is 5.15. The summed E-state index contributed by atoms with van der Waals surface area (Å²) >= 11 is 12.2. The molecule has 2 saturated heterocycles. The molecule has 1 aliphatic carbocycles. The number of halogens is 2. The summed E-state index contributed by atoms with van der Waals surface area (Å²) in [6, 6.07) is 11.8. The highest BCUT2D eigenvalue weighted by molar-refractivity contribution is 6.30. The van der Waals surface area contributed by atoms with E-state index in [1.54, 1.807) is 6.20 Å². The van der Waals surface area contributed by atoms with Crippen molar-refractivity contribution in [2.24, 2.45) is 17.3 Å². The van der Waals surface area contributed by atoms with Gasteiger partial charge >= 0.3 is 0 Å². The number of amides is 2. The van der Waals surface area contributed by atoms with Crippen LogP contribution in [0.5, 0.6) is 0 Å². The molecule has 3 fully saturated rings. The van der Waals surface area contributed by atoms with E-state index in [0.717, 1.165) is 38.0 Å². The number of pyridine rings is 1. The fraction of sp³-hybridized carbons (Fsp3) is 0.536. The fourth-order valence-corrected chi connectivity index (χ4v) is 5.97. The molecule has 8 heteroatoms. The van der Waals surface area contributed by atoms with Crippen molar-refractivity contribution in [3.05, 3.63) is 58.2 Å². The van der Waals surface area contributed by atoms with Crippen molar-refractivity contribution in [3.63, 3.8) is 0 Å². The minimum absolute atomic E-state index is 0.0126. The minimum Gasteiger partial charge on any atom is -0.359 e. The van der Waals surface area contributed by atoms with Gasteiger partial charge in [0.1, 0.15) is 5.82 Å². The van der Waals surface area contributed by atoms with Crippen molar-refractivity contribution < 1.29 is 9.59 Å². The van der Waals surface area contributed by atoms with E-state index in [-0.39, 0.29) is 35.0 Å². The van der Waals surface area contributed by atoms with Gasteiger partial charge in [-0.3, -0.25) is 9.59 Å². The molecule has 192 valence electrons. The lowest BCUT2D eigenvalue weighted by Crippen LogP contribution is -2.46. The van der Waals surface area contributed by atoms with E-state index in [1.807, 2.05) is 36.2 Å². The summed E-state index contributed by atoms with van der Waals surface area (Å²) in [7, 11) is 2.03. The molecular weight excluding hydrogens is 495 g/mol. The molecule has 0 bridgehead atoms. The van der Waals surface area contributed by atoms with Crippen LogP contribution in [-0.2, 0) is 9.59 Å². The smallest absolute Gasteiger partial charge is 0.228 e. The number of hydrogen-bond donors (Lipinski definition) is 0. The van der Waals surface area contributed by atoms with Crippen molar-refractivity contribution in [2.75, 3.05) is 44.7 Å². The maximum absolute atomic E-state index is 13.6. The first-order chi connectivity index (χ1) is 17.2. The first-order valence-corrected chi connectivity index (χ1v) is 13.7. The zero-order chi connectivity index (χ0) is 25.4. The van der Waals surface area contributed by atoms with Gasteiger partial charge in [0.25, 0.3) is 0 Å². The molecule has 6 nitrogen and oxygen atoms in total. The lowest BCUT2D eigenvalue weighted by molar-refractivity contribution is -0.142. The molecule has 1 aromatic carbocycles. The van der Waals surface area contributed by atoms with Gasteiger partial charge in [-0.15, -0.1) is 0 Å². The van der Waals surface area contributed by atoms with E-state index in [0.29, 0.717) is 36.2 Å². The predicted molar refractivity (Wildman–Crippen MR) is 143 cm³/mol. The molecular formula is C28H34Cl2N4O2. The average molecular weight is 530 g/mol. The van der Waals surface area contributed by atoms with E-state index in [2.05, 4.69) is 33.8 Å². The SMILES string of the molecule is CN(C[C@@H]1CN(C(=O)C2CCN(C(=O)C3(C)CC3)CC2)C[C@@H]1c1ccc(Cl)cc1)c1ccc(Cl)cn1. The summed E-state index contributed by atoms with van der Waals surface area (Å²) < 4.78 is 0. The Hall–Kier alpha value is -2.31. The van der Waals surface area contributed by atoms with Gasteiger partial charge in [-0.1, -0.05) is 42.3 Å². The molecule has 0 spiro atoms. The van der Waals surface area contributed by atoms with Crippen LogP contribution in [0.15, 0.2) is 42.6 Å². The number of rotatable bonds is 6. The molecule has 3 heterocycles. The Bertz CT molecular complexity index is 1100. The van der Waals surface area contributed by atoms with Crippen molar-refractivity contribution in [3.8, 4) is 0 Å². The Morgan fingerprint density at radius 1 is 1.00 bits per heavy atom. The summed E-state index contributed by atoms with van der Waals surface area (Å²) in [5.41, 5.74) is 1.06. The van der Waals surface area contributed by atoms with Gasteiger partial charge < -0.3 is 14.7 Å². The van der Waals surface area contributed by atoms with E-state index in [4.69, 9.17) is 23.2 Å². The molecule has 2 aromatic rings. The van der Waals surface area contributed by atoms with Gasteiger partial charge in [-0.25, -0.2) is 4.98 Å². The standard InChI is InChI=1S/C28H34Cl2N4O2/c1-28(11-12-28)27(36)33-13-9-20(10-14-33)26(35)34-17-21(16-32(2)25-8-7-23(30)15-31-25)24(18-34)19-3-5-22(29)6-4-19/h3-8,15,20-21,24H,9-14,16-18H2,1-2H3/t21-,24-/m1/s1. The van der Waals surface area contributed by atoms with Crippen LogP contribution in [0.25, 0.3) is 0 Å². The van der Waals surface area contributed by atoms with Crippen LogP contribution < -0.4 is 4.90 Å². The maximum atomic E-state index is 13.6. The second kappa shape index (κ2) is 10.2. The van der Waals surface area contributed by atoms with Crippen molar-refractivity contribution in [2.45, 2.75) is 38.5 Å². The van der Waals surface area contributed by atoms with Gasteiger partial charge in [0, 0.05) is 74.2 Å². The number of nitrogens with zero attached hydrogens (tertiary/aromatic N) is 4. The molecule has 0 N–H and O–H groups in total. The van der Waals surface area contributed by atoms with Crippen LogP contribution in [-0.4, -0.2) is 66.4 Å². The van der Waals surface area contributed by atoms with Gasteiger partial charge in [0.05, 0.1) is 5.02 Å². The molecule has 0 unspecified atom stereocenters. The maximum Gasteiger partial charge on any atom is 0.228 e. The Balaban J connectivity index is 1.26. The monoisotopic (exact) mass is 528 g/mol. The number of piperidine rings is 1.